The molecule has 1 aliphatic carbocycles. The molecule has 0 spiro atoms. The van der Waals surface area contributed by atoms with Gasteiger partial charge >= 0.3 is 289 Å². The number of hydrogen-bond donors (Lipinski definition) is 2. The minimum atomic E-state index is -0.242. The van der Waals surface area contributed by atoms with Gasteiger partial charge in [-0.1, -0.05) is 0 Å². The summed E-state index contributed by atoms with van der Waals surface area (Å²) in [5.74, 6) is 3.27. The molecule has 2 aromatic rings. The van der Waals surface area contributed by atoms with Gasteiger partial charge < -0.3 is 0 Å². The molecule has 3 unspecified atom stereocenters. The van der Waals surface area contributed by atoms with Crippen LogP contribution in [0.25, 0.3) is 0 Å². The first-order chi connectivity index (χ1) is 20.6. The second-order valence-electron chi connectivity index (χ2n) is 18.6. The van der Waals surface area contributed by atoms with Gasteiger partial charge in [0.2, 0.25) is 0 Å². The molecule has 1 saturated carbocycles. The number of aromatic hydroxyl groups is 2. The molecule has 0 aromatic heterocycles. The van der Waals surface area contributed by atoms with E-state index in [0.29, 0.717) is 27.4 Å². The molecular formula is C40H64O2S2Ti. The Labute approximate surface area is 287 Å². The van der Waals surface area contributed by atoms with Crippen LogP contribution in [0, 0.1) is 10.8 Å². The maximum absolute atomic E-state index is 11.8. The van der Waals surface area contributed by atoms with Crippen molar-refractivity contribution in [1.82, 2.24) is 0 Å². The van der Waals surface area contributed by atoms with E-state index in [9.17, 15) is 10.2 Å². The Bertz CT molecular complexity index is 1350. The molecule has 2 aliphatic rings. The first-order valence-corrected chi connectivity index (χ1v) is 24.2. The molecule has 2 N–H and O–H groups in total. The number of rotatable bonds is 6. The minimum absolute atomic E-state index is 0.0531. The van der Waals surface area contributed by atoms with E-state index >= 15 is 0 Å². The molecule has 45 heavy (non-hydrogen) atoms. The van der Waals surface area contributed by atoms with Crippen molar-refractivity contribution in [3.05, 3.63) is 57.6 Å². The van der Waals surface area contributed by atoms with E-state index in [1.807, 2.05) is 0 Å². The Balaban J connectivity index is 1.83. The average molecular weight is 689 g/mol. The summed E-state index contributed by atoms with van der Waals surface area (Å²) in [6.45, 7) is 27.5. The van der Waals surface area contributed by atoms with Gasteiger partial charge in [-0.15, -0.1) is 0 Å². The van der Waals surface area contributed by atoms with Gasteiger partial charge in [0, 0.05) is 0 Å². The van der Waals surface area contributed by atoms with Crippen molar-refractivity contribution in [3.63, 3.8) is 0 Å². The predicted molar refractivity (Wildman–Crippen MR) is 198 cm³/mol. The third-order valence-corrected chi connectivity index (χ3v) is 25.3. The van der Waals surface area contributed by atoms with Gasteiger partial charge in [-0.25, -0.2) is 0 Å². The van der Waals surface area contributed by atoms with E-state index in [1.165, 1.54) is 60.8 Å². The van der Waals surface area contributed by atoms with Crippen molar-refractivity contribution < 1.29 is 25.7 Å². The summed E-state index contributed by atoms with van der Waals surface area (Å²) in [6.07, 6.45) is 9.98. The summed E-state index contributed by atoms with van der Waals surface area (Å²) in [4.78, 5) is 0. The average Bonchev–Trinajstić information content (AvgIpc) is 3.14. The SMILES string of the molecule is CC(C)(C)Cc1cc(C(C)(C)C)cc(C[S]2=[Ti]=[S](Cc3cc(C(C)(C)C)cc(CC(C)(C)C)c3O)[C@H]3CCCCCCC32)c1O. The third-order valence-electron chi connectivity index (χ3n) is 9.42. The number of fused-ring (bicyclic) bond motifs is 1. The molecule has 4 atom stereocenters. The summed E-state index contributed by atoms with van der Waals surface area (Å²) in [6, 6.07) is 9.32. The third kappa shape index (κ3) is 9.99. The van der Waals surface area contributed by atoms with Gasteiger partial charge in [0.05, 0.1) is 0 Å². The van der Waals surface area contributed by atoms with Gasteiger partial charge in [-0.3, -0.25) is 0 Å². The number of benzene rings is 2. The Hall–Kier alpha value is -0.546. The van der Waals surface area contributed by atoms with Crippen LogP contribution in [0.15, 0.2) is 24.3 Å². The number of hydrogen-bond acceptors (Lipinski definition) is 2. The van der Waals surface area contributed by atoms with Crippen LogP contribution in [-0.4, -0.2) is 20.7 Å². The molecule has 0 saturated heterocycles. The van der Waals surface area contributed by atoms with Crippen LogP contribution in [0.5, 0.6) is 11.5 Å². The van der Waals surface area contributed by atoms with Gasteiger partial charge in [-0.2, -0.15) is 0 Å². The standard InChI is InChI=1S/C40H64O2S2.Ti/c1-37(2,3)23-27-19-31(39(7,8)9)21-29(35(27)41)25-43-33-17-15-13-14-16-18-34(33)44-26-30-22-32(40(10,11)12)20-28(36(30)42)24-38(4,5)6;/h19-22,33-34,41-42H,13-18,23-26H2,1-12H3;/t33-,34?;/m0./s1. The van der Waals surface area contributed by atoms with E-state index in [0.717, 1.165) is 46.0 Å². The van der Waals surface area contributed by atoms with E-state index in [2.05, 4.69) is 107 Å². The fraction of sp³-hybridized carbons (Fsp3) is 0.700. The van der Waals surface area contributed by atoms with Gasteiger partial charge in [0.15, 0.2) is 0 Å². The zero-order chi connectivity index (χ0) is 33.5. The van der Waals surface area contributed by atoms with E-state index in [4.69, 9.17) is 0 Å². The molecule has 252 valence electrons. The van der Waals surface area contributed by atoms with Crippen LogP contribution in [0.4, 0.5) is 0 Å². The quantitative estimate of drug-likeness (QED) is 0.297. The molecule has 2 nitrogen and oxygen atoms in total. The van der Waals surface area contributed by atoms with Crippen LogP contribution in [0.2, 0.25) is 0 Å². The van der Waals surface area contributed by atoms with Crippen LogP contribution in [0.3, 0.4) is 0 Å². The summed E-state index contributed by atoms with van der Waals surface area (Å²) >= 11 is -0.242. The Morgan fingerprint density at radius 1 is 0.556 bits per heavy atom. The molecule has 1 aliphatic heterocycles. The monoisotopic (exact) mass is 688 g/mol. The van der Waals surface area contributed by atoms with E-state index in [-0.39, 0.29) is 37.1 Å². The van der Waals surface area contributed by atoms with Crippen molar-refractivity contribution in [3.8, 4) is 11.5 Å². The molecule has 0 amide bonds. The fourth-order valence-corrected chi connectivity index (χ4v) is 27.8. The summed E-state index contributed by atoms with van der Waals surface area (Å²) in [7, 11) is 0.703. The maximum atomic E-state index is 11.8. The predicted octanol–water partition coefficient (Wildman–Crippen LogP) is 12.1. The first-order valence-electron chi connectivity index (χ1n) is 17.5. The zero-order valence-electron chi connectivity index (χ0n) is 30.7. The second kappa shape index (κ2) is 14.1. The van der Waals surface area contributed by atoms with Crippen molar-refractivity contribution in [2.75, 3.05) is 0 Å². The Morgan fingerprint density at radius 2 is 0.889 bits per heavy atom. The van der Waals surface area contributed by atoms with Crippen LogP contribution in [0.1, 0.15) is 155 Å². The molecular weight excluding hydrogens is 624 g/mol. The molecule has 2 aromatic carbocycles. The van der Waals surface area contributed by atoms with Crippen molar-refractivity contribution in [1.29, 1.82) is 0 Å². The van der Waals surface area contributed by atoms with Crippen molar-refractivity contribution >= 4 is 15.9 Å². The van der Waals surface area contributed by atoms with Gasteiger partial charge in [0.1, 0.15) is 0 Å². The van der Waals surface area contributed by atoms with Crippen LogP contribution >= 0.6 is 15.9 Å². The van der Waals surface area contributed by atoms with E-state index < -0.39 is 0 Å². The fourth-order valence-electron chi connectivity index (χ4n) is 6.95. The summed E-state index contributed by atoms with van der Waals surface area (Å²) in [5, 5.41) is 25.1. The van der Waals surface area contributed by atoms with Crippen molar-refractivity contribution in [2.24, 2.45) is 10.8 Å². The van der Waals surface area contributed by atoms with Gasteiger partial charge in [0.25, 0.3) is 0 Å². The number of phenolic OH excluding ortho intramolecular Hbond substituents is 2. The Morgan fingerprint density at radius 3 is 1.20 bits per heavy atom. The molecule has 1 heterocycles. The molecule has 0 bridgehead atoms. The summed E-state index contributed by atoms with van der Waals surface area (Å²) < 4.78 is 0. The van der Waals surface area contributed by atoms with Crippen LogP contribution < -0.4 is 0 Å². The molecule has 5 heteroatoms. The van der Waals surface area contributed by atoms with E-state index in [1.54, 1.807) is 0 Å². The van der Waals surface area contributed by atoms with Crippen LogP contribution in [-0.2, 0) is 50.6 Å². The number of phenols is 2. The summed E-state index contributed by atoms with van der Waals surface area (Å²) in [5.41, 5.74) is 7.78. The first kappa shape index (κ1) is 37.3. The zero-order valence-corrected chi connectivity index (χ0v) is 33.9. The normalized spacial score (nSPS) is 23.1. The molecule has 0 radical (unpaired) electrons. The molecule has 4 rings (SSSR count). The Kier molecular flexibility index (Phi) is 11.7. The second-order valence-corrected chi connectivity index (χ2v) is 30.0. The van der Waals surface area contributed by atoms with Gasteiger partial charge in [-0.05, 0) is 0 Å². The topological polar surface area (TPSA) is 40.5 Å². The van der Waals surface area contributed by atoms with Crippen molar-refractivity contribution in [2.45, 2.75) is 167 Å². The molecule has 1 fully saturated rings.